The van der Waals surface area contributed by atoms with Crippen LogP contribution in [0.4, 0.5) is 10.1 Å². The minimum Gasteiger partial charge on any atom is -0.479 e. The number of halogens is 1. The van der Waals surface area contributed by atoms with Crippen molar-refractivity contribution in [3.63, 3.8) is 0 Å². The summed E-state index contributed by atoms with van der Waals surface area (Å²) >= 11 is 1.24. The van der Waals surface area contributed by atoms with Crippen LogP contribution in [-0.2, 0) is 4.79 Å². The van der Waals surface area contributed by atoms with Gasteiger partial charge in [-0.05, 0) is 30.7 Å². The Morgan fingerprint density at radius 1 is 1.50 bits per heavy atom. The predicted octanol–water partition coefficient (Wildman–Crippen LogP) is 2.83. The van der Waals surface area contributed by atoms with Crippen molar-refractivity contribution in [2.75, 3.05) is 5.32 Å². The van der Waals surface area contributed by atoms with Gasteiger partial charge >= 0.3 is 5.97 Å². The fraction of sp³-hybridized carbons (Fsp3) is 0.167. The summed E-state index contributed by atoms with van der Waals surface area (Å²) in [4.78, 5) is 15.6. The van der Waals surface area contributed by atoms with Crippen molar-refractivity contribution < 1.29 is 14.3 Å². The average Bonchev–Trinajstić information content (AvgIpc) is 2.77. The Kier molecular flexibility index (Phi) is 3.57. The van der Waals surface area contributed by atoms with Gasteiger partial charge in [0.15, 0.2) is 6.04 Å². The van der Waals surface area contributed by atoms with Gasteiger partial charge in [0, 0.05) is 11.9 Å². The SMILES string of the molecule is Cc1cc(F)cc(NC(C(=O)O)c2cncs2)c1. The zero-order chi connectivity index (χ0) is 13.1. The molecular weight excluding hydrogens is 255 g/mol. The molecule has 18 heavy (non-hydrogen) atoms. The van der Waals surface area contributed by atoms with E-state index < -0.39 is 17.8 Å². The number of benzene rings is 1. The second kappa shape index (κ2) is 5.14. The topological polar surface area (TPSA) is 62.2 Å². The minimum absolute atomic E-state index is 0.397. The van der Waals surface area contributed by atoms with E-state index in [9.17, 15) is 9.18 Å². The van der Waals surface area contributed by atoms with Gasteiger partial charge in [-0.1, -0.05) is 0 Å². The van der Waals surface area contributed by atoms with Gasteiger partial charge in [0.05, 0.1) is 10.4 Å². The number of nitrogens with zero attached hydrogens (tertiary/aromatic N) is 1. The van der Waals surface area contributed by atoms with E-state index in [4.69, 9.17) is 5.11 Å². The molecule has 0 bridgehead atoms. The first kappa shape index (κ1) is 12.5. The number of carboxylic acid groups (broad SMARTS) is 1. The van der Waals surface area contributed by atoms with Crippen LogP contribution >= 0.6 is 11.3 Å². The molecule has 1 heterocycles. The maximum Gasteiger partial charge on any atom is 0.331 e. The molecule has 6 heteroatoms. The number of hydrogen-bond donors (Lipinski definition) is 2. The van der Waals surface area contributed by atoms with Gasteiger partial charge in [0.1, 0.15) is 5.82 Å². The van der Waals surface area contributed by atoms with E-state index in [1.165, 1.54) is 29.7 Å². The van der Waals surface area contributed by atoms with Crippen LogP contribution in [0.1, 0.15) is 16.5 Å². The third kappa shape index (κ3) is 2.84. The Labute approximate surface area is 107 Å². The van der Waals surface area contributed by atoms with Crippen molar-refractivity contribution in [2.24, 2.45) is 0 Å². The Hall–Kier alpha value is -1.95. The van der Waals surface area contributed by atoms with Crippen LogP contribution in [0.5, 0.6) is 0 Å². The molecular formula is C12H11FN2O2S. The van der Waals surface area contributed by atoms with Crippen LogP contribution in [0.25, 0.3) is 0 Å². The third-order valence-corrected chi connectivity index (χ3v) is 3.18. The number of hydrogen-bond acceptors (Lipinski definition) is 4. The monoisotopic (exact) mass is 266 g/mol. The van der Waals surface area contributed by atoms with Crippen LogP contribution in [-0.4, -0.2) is 16.1 Å². The number of nitrogens with one attached hydrogen (secondary N) is 1. The van der Waals surface area contributed by atoms with Crippen molar-refractivity contribution in [1.29, 1.82) is 0 Å². The predicted molar refractivity (Wildman–Crippen MR) is 67.3 cm³/mol. The zero-order valence-corrected chi connectivity index (χ0v) is 10.4. The Bertz CT molecular complexity index is 537. The number of aryl methyl sites for hydroxylation is 1. The molecule has 1 atom stereocenters. The summed E-state index contributed by atoms with van der Waals surface area (Å²) in [5.41, 5.74) is 2.73. The molecule has 2 aromatic rings. The van der Waals surface area contributed by atoms with Crippen molar-refractivity contribution >= 4 is 23.0 Å². The smallest absolute Gasteiger partial charge is 0.331 e. The first-order valence-electron chi connectivity index (χ1n) is 5.21. The Balaban J connectivity index is 2.27. The van der Waals surface area contributed by atoms with Crippen LogP contribution < -0.4 is 5.32 Å². The maximum absolute atomic E-state index is 13.2. The summed E-state index contributed by atoms with van der Waals surface area (Å²) in [5, 5.41) is 12.0. The van der Waals surface area contributed by atoms with Crippen molar-refractivity contribution in [3.8, 4) is 0 Å². The number of carboxylic acids is 1. The molecule has 2 N–H and O–H groups in total. The van der Waals surface area contributed by atoms with Crippen molar-refractivity contribution in [3.05, 3.63) is 46.2 Å². The van der Waals surface area contributed by atoms with E-state index in [2.05, 4.69) is 10.3 Å². The second-order valence-electron chi connectivity index (χ2n) is 3.84. The van der Waals surface area contributed by atoms with Gasteiger partial charge in [0.2, 0.25) is 0 Å². The van der Waals surface area contributed by atoms with Crippen LogP contribution in [0.2, 0.25) is 0 Å². The molecule has 0 aliphatic carbocycles. The normalized spacial score (nSPS) is 12.1. The van der Waals surface area contributed by atoms with E-state index in [1.54, 1.807) is 18.5 Å². The first-order valence-corrected chi connectivity index (χ1v) is 6.09. The highest BCUT2D eigenvalue weighted by Gasteiger charge is 2.21. The van der Waals surface area contributed by atoms with Crippen molar-refractivity contribution in [1.82, 2.24) is 4.98 Å². The van der Waals surface area contributed by atoms with Crippen LogP contribution in [0, 0.1) is 12.7 Å². The lowest BCUT2D eigenvalue weighted by Gasteiger charge is -2.14. The molecule has 0 fully saturated rings. The quantitative estimate of drug-likeness (QED) is 0.893. The fourth-order valence-electron chi connectivity index (χ4n) is 1.61. The van der Waals surface area contributed by atoms with Crippen LogP contribution in [0.3, 0.4) is 0 Å². The van der Waals surface area contributed by atoms with E-state index >= 15 is 0 Å². The first-order chi connectivity index (χ1) is 8.56. The Morgan fingerprint density at radius 3 is 2.83 bits per heavy atom. The zero-order valence-electron chi connectivity index (χ0n) is 9.55. The largest absolute Gasteiger partial charge is 0.479 e. The molecule has 1 aromatic heterocycles. The molecule has 0 aliphatic heterocycles. The molecule has 2 rings (SSSR count). The summed E-state index contributed by atoms with van der Waals surface area (Å²) in [7, 11) is 0. The number of thiazole rings is 1. The molecule has 0 saturated carbocycles. The van der Waals surface area contributed by atoms with Gasteiger partial charge < -0.3 is 10.4 Å². The van der Waals surface area contributed by atoms with Crippen LogP contribution in [0.15, 0.2) is 29.9 Å². The van der Waals surface area contributed by atoms with Gasteiger partial charge in [-0.3, -0.25) is 4.98 Å². The number of aromatic nitrogens is 1. The highest BCUT2D eigenvalue weighted by Crippen LogP contribution is 2.24. The molecule has 94 valence electrons. The van der Waals surface area contributed by atoms with E-state index in [0.29, 0.717) is 10.6 Å². The van der Waals surface area contributed by atoms with E-state index in [-0.39, 0.29) is 0 Å². The second-order valence-corrected chi connectivity index (χ2v) is 4.75. The average molecular weight is 266 g/mol. The lowest BCUT2D eigenvalue weighted by Crippen LogP contribution is -2.19. The highest BCUT2D eigenvalue weighted by atomic mass is 32.1. The molecule has 1 aromatic carbocycles. The van der Waals surface area contributed by atoms with Gasteiger partial charge in [-0.25, -0.2) is 9.18 Å². The summed E-state index contributed by atoms with van der Waals surface area (Å²) in [6.45, 7) is 1.75. The molecule has 0 spiro atoms. The minimum atomic E-state index is -1.03. The van der Waals surface area contributed by atoms with E-state index in [0.717, 1.165) is 5.56 Å². The Morgan fingerprint density at radius 2 is 2.28 bits per heavy atom. The molecule has 0 radical (unpaired) electrons. The number of carbonyl (C=O) groups is 1. The standard InChI is InChI=1S/C12H11FN2O2S/c1-7-2-8(13)4-9(3-7)15-11(12(16)17)10-5-14-6-18-10/h2-6,11,15H,1H3,(H,16,17). The molecule has 0 aliphatic rings. The number of anilines is 1. The van der Waals surface area contributed by atoms with Gasteiger partial charge in [-0.15, -0.1) is 11.3 Å². The summed E-state index contributed by atoms with van der Waals surface area (Å²) in [6, 6.07) is 3.43. The van der Waals surface area contributed by atoms with Gasteiger partial charge in [0.25, 0.3) is 0 Å². The summed E-state index contributed by atoms with van der Waals surface area (Å²) < 4.78 is 13.2. The van der Waals surface area contributed by atoms with E-state index in [1.807, 2.05) is 0 Å². The molecule has 4 nitrogen and oxygen atoms in total. The lowest BCUT2D eigenvalue weighted by molar-refractivity contribution is -0.138. The van der Waals surface area contributed by atoms with Gasteiger partial charge in [-0.2, -0.15) is 0 Å². The lowest BCUT2D eigenvalue weighted by atomic mass is 10.2. The maximum atomic E-state index is 13.2. The summed E-state index contributed by atoms with van der Waals surface area (Å²) in [6.07, 6.45) is 1.49. The van der Waals surface area contributed by atoms with Crippen molar-refractivity contribution in [2.45, 2.75) is 13.0 Å². The number of aliphatic carboxylic acids is 1. The number of rotatable bonds is 4. The highest BCUT2D eigenvalue weighted by molar-refractivity contribution is 7.09. The third-order valence-electron chi connectivity index (χ3n) is 2.34. The molecule has 1 unspecified atom stereocenters. The molecule has 0 saturated heterocycles. The fourth-order valence-corrected chi connectivity index (χ4v) is 2.27. The molecule has 0 amide bonds. The summed E-state index contributed by atoms with van der Waals surface area (Å²) in [5.74, 6) is -1.42.